The summed E-state index contributed by atoms with van der Waals surface area (Å²) in [5.41, 5.74) is -1.82. The largest absolute Gasteiger partial charge is 0.394 e. The van der Waals surface area contributed by atoms with Gasteiger partial charge in [-0.3, -0.25) is 0 Å². The van der Waals surface area contributed by atoms with Gasteiger partial charge in [0, 0.05) is 0 Å². The molecule has 1 aliphatic heterocycles. The molecular weight excluding hydrogens is 372 g/mol. The molecule has 0 radical (unpaired) electrons. The molecule has 0 aromatic heterocycles. The van der Waals surface area contributed by atoms with Gasteiger partial charge in [-0.15, -0.1) is 0 Å². The molecule has 0 spiro atoms. The predicted octanol–water partition coefficient (Wildman–Crippen LogP) is -1.73. The Morgan fingerprint density at radius 2 is 1.79 bits per heavy atom. The second kappa shape index (κ2) is 9.03. The van der Waals surface area contributed by atoms with Gasteiger partial charge in [0.1, 0.15) is 24.4 Å². The van der Waals surface area contributed by atoms with Crippen molar-refractivity contribution in [2.24, 2.45) is 11.3 Å². The van der Waals surface area contributed by atoms with Crippen LogP contribution in [0.4, 0.5) is 0 Å². The van der Waals surface area contributed by atoms with Crippen molar-refractivity contribution in [3.63, 3.8) is 0 Å². The van der Waals surface area contributed by atoms with E-state index in [0.717, 1.165) is 0 Å². The molecule has 1 heterocycles. The van der Waals surface area contributed by atoms with Crippen molar-refractivity contribution in [1.29, 1.82) is 0 Å². The van der Waals surface area contributed by atoms with Gasteiger partial charge in [0.25, 0.3) is 0 Å². The Hall–Kier alpha value is -0.620. The van der Waals surface area contributed by atoms with E-state index >= 15 is 0 Å². The molecule has 1 saturated carbocycles. The van der Waals surface area contributed by atoms with Crippen LogP contribution in [0.1, 0.15) is 33.6 Å². The summed E-state index contributed by atoms with van der Waals surface area (Å²) in [5, 5.41) is 69.9. The molecule has 0 amide bonds. The molecule has 28 heavy (non-hydrogen) atoms. The topological polar surface area (TPSA) is 160 Å². The first-order chi connectivity index (χ1) is 12.9. The molecule has 0 bridgehead atoms. The lowest BCUT2D eigenvalue weighted by Crippen LogP contribution is -2.59. The zero-order valence-electron chi connectivity index (χ0n) is 16.5. The lowest BCUT2D eigenvalue weighted by molar-refractivity contribution is -0.303. The fourth-order valence-corrected chi connectivity index (χ4v) is 4.19. The first-order valence-corrected chi connectivity index (χ1v) is 9.63. The van der Waals surface area contributed by atoms with Crippen molar-refractivity contribution in [1.82, 2.24) is 0 Å². The van der Waals surface area contributed by atoms with Crippen LogP contribution < -0.4 is 0 Å². The average Bonchev–Trinajstić information content (AvgIpc) is 2.61. The summed E-state index contributed by atoms with van der Waals surface area (Å²) in [6.45, 7) is 4.68. The number of hydrogen-bond donors (Lipinski definition) is 7. The maximum absolute atomic E-state index is 11.1. The van der Waals surface area contributed by atoms with Crippen molar-refractivity contribution in [2.75, 3.05) is 13.2 Å². The minimum absolute atomic E-state index is 0.221. The number of rotatable bonds is 6. The molecule has 2 fully saturated rings. The zero-order valence-corrected chi connectivity index (χ0v) is 16.5. The Balaban J connectivity index is 1.97. The quantitative estimate of drug-likeness (QED) is 0.254. The molecule has 0 unspecified atom stereocenters. The molecule has 2 rings (SSSR count). The van der Waals surface area contributed by atoms with Crippen molar-refractivity contribution < 1.29 is 45.2 Å². The van der Waals surface area contributed by atoms with Gasteiger partial charge in [0.15, 0.2) is 6.29 Å². The summed E-state index contributed by atoms with van der Waals surface area (Å²) in [6, 6.07) is 0. The first-order valence-electron chi connectivity index (χ1n) is 9.63. The molecule has 1 saturated heterocycles. The Morgan fingerprint density at radius 3 is 2.36 bits per heavy atom. The molecule has 0 aromatic rings. The normalized spacial score (nSPS) is 45.3. The van der Waals surface area contributed by atoms with E-state index < -0.39 is 60.5 Å². The van der Waals surface area contributed by atoms with Crippen molar-refractivity contribution in [3.8, 4) is 0 Å². The van der Waals surface area contributed by atoms with E-state index in [0.29, 0.717) is 12.8 Å². The fourth-order valence-electron chi connectivity index (χ4n) is 4.19. The van der Waals surface area contributed by atoms with Crippen LogP contribution in [0.3, 0.4) is 0 Å². The summed E-state index contributed by atoms with van der Waals surface area (Å²) in [4.78, 5) is 0. The van der Waals surface area contributed by atoms with Crippen molar-refractivity contribution in [2.45, 2.75) is 82.1 Å². The minimum atomic E-state index is -1.56. The van der Waals surface area contributed by atoms with Crippen LogP contribution in [-0.2, 0) is 9.47 Å². The standard InChI is InChI=1S/C19H34O9/c1-10-6-12(22)7-18(2,3)19(10,26)5-4-11(21)9-27-17-16(25)15(24)14(23)13(8-20)28-17/h4-5,10-17,20-26H,6-9H2,1-3H3/b5-4+/t10-,11+,12+,13-,14-,15+,16-,17-,19-/m1/s1. The summed E-state index contributed by atoms with van der Waals surface area (Å²) in [6.07, 6.45) is -4.85. The van der Waals surface area contributed by atoms with Crippen LogP contribution >= 0.6 is 0 Å². The second-order valence-corrected chi connectivity index (χ2v) is 8.66. The Labute approximate surface area is 164 Å². The van der Waals surface area contributed by atoms with E-state index in [1.54, 1.807) is 0 Å². The molecule has 9 heteroatoms. The monoisotopic (exact) mass is 406 g/mol. The Kier molecular flexibility index (Phi) is 7.63. The van der Waals surface area contributed by atoms with Crippen molar-refractivity contribution in [3.05, 3.63) is 12.2 Å². The zero-order chi connectivity index (χ0) is 21.3. The molecule has 9 nitrogen and oxygen atoms in total. The summed E-state index contributed by atoms with van der Waals surface area (Å²) in [7, 11) is 0. The second-order valence-electron chi connectivity index (χ2n) is 8.66. The Morgan fingerprint density at radius 1 is 1.14 bits per heavy atom. The van der Waals surface area contributed by atoms with Crippen LogP contribution in [0, 0.1) is 11.3 Å². The van der Waals surface area contributed by atoms with E-state index in [4.69, 9.17) is 9.47 Å². The van der Waals surface area contributed by atoms with Crippen LogP contribution in [0.25, 0.3) is 0 Å². The lowest BCUT2D eigenvalue weighted by Gasteiger charge is -2.50. The van der Waals surface area contributed by atoms with Gasteiger partial charge in [-0.25, -0.2) is 0 Å². The lowest BCUT2D eigenvalue weighted by atomic mass is 9.60. The van der Waals surface area contributed by atoms with Gasteiger partial charge in [0.05, 0.1) is 31.0 Å². The number of hydrogen-bond acceptors (Lipinski definition) is 9. The van der Waals surface area contributed by atoms with Gasteiger partial charge in [-0.1, -0.05) is 32.9 Å². The van der Waals surface area contributed by atoms with Gasteiger partial charge in [-0.2, -0.15) is 0 Å². The molecule has 0 aromatic carbocycles. The van der Waals surface area contributed by atoms with Crippen LogP contribution in [0.2, 0.25) is 0 Å². The first kappa shape index (κ1) is 23.7. The summed E-state index contributed by atoms with van der Waals surface area (Å²) in [5.74, 6) is -0.221. The van der Waals surface area contributed by atoms with Gasteiger partial charge >= 0.3 is 0 Å². The van der Waals surface area contributed by atoms with Crippen LogP contribution in [-0.4, -0.2) is 97.5 Å². The van der Waals surface area contributed by atoms with E-state index in [1.807, 2.05) is 20.8 Å². The third kappa shape index (κ3) is 4.75. The highest BCUT2D eigenvalue weighted by Crippen LogP contribution is 2.48. The van der Waals surface area contributed by atoms with Gasteiger partial charge in [-0.05, 0) is 24.2 Å². The summed E-state index contributed by atoms with van der Waals surface area (Å²) >= 11 is 0. The number of ether oxygens (including phenoxy) is 2. The molecule has 1 aliphatic carbocycles. The maximum Gasteiger partial charge on any atom is 0.186 e. The highest BCUT2D eigenvalue weighted by Gasteiger charge is 2.50. The van der Waals surface area contributed by atoms with Gasteiger partial charge < -0.3 is 45.2 Å². The molecule has 7 N–H and O–H groups in total. The highest BCUT2D eigenvalue weighted by atomic mass is 16.7. The van der Waals surface area contributed by atoms with Crippen molar-refractivity contribution >= 4 is 0 Å². The maximum atomic E-state index is 11.1. The highest BCUT2D eigenvalue weighted by molar-refractivity contribution is 5.15. The number of aliphatic hydroxyl groups is 7. The average molecular weight is 406 g/mol. The molecular formula is C19H34O9. The fraction of sp³-hybridized carbons (Fsp3) is 0.895. The minimum Gasteiger partial charge on any atom is -0.394 e. The summed E-state index contributed by atoms with van der Waals surface area (Å²) < 4.78 is 10.5. The SMILES string of the molecule is C[C@@H]1C[C@H](O)CC(C)(C)[C@@]1(O)/C=C/[C@H](O)CO[C@@H]1O[C@H](CO)[C@@H](O)[C@H](O)[C@H]1O. The van der Waals surface area contributed by atoms with E-state index in [9.17, 15) is 35.7 Å². The smallest absolute Gasteiger partial charge is 0.186 e. The van der Waals surface area contributed by atoms with Crippen LogP contribution in [0.5, 0.6) is 0 Å². The Bertz CT molecular complexity index is 537. The van der Waals surface area contributed by atoms with Gasteiger partial charge in [0.2, 0.25) is 0 Å². The third-order valence-electron chi connectivity index (χ3n) is 6.06. The van der Waals surface area contributed by atoms with E-state index in [1.165, 1.54) is 12.2 Å². The van der Waals surface area contributed by atoms with E-state index in [-0.39, 0.29) is 12.5 Å². The number of aliphatic hydroxyl groups excluding tert-OH is 6. The molecule has 2 aliphatic rings. The van der Waals surface area contributed by atoms with Crippen LogP contribution in [0.15, 0.2) is 12.2 Å². The molecule has 9 atom stereocenters. The predicted molar refractivity (Wildman–Crippen MR) is 98.0 cm³/mol. The third-order valence-corrected chi connectivity index (χ3v) is 6.06. The molecule has 164 valence electrons. The van der Waals surface area contributed by atoms with E-state index in [2.05, 4.69) is 0 Å².